The number of carbonyl (C=O) groups excluding carboxylic acids is 1. The molecule has 70 valence electrons. The first-order valence-corrected chi connectivity index (χ1v) is 4.39. The van der Waals surface area contributed by atoms with Gasteiger partial charge in [0, 0.05) is 0 Å². The molecule has 3 heteroatoms. The first-order chi connectivity index (χ1) is 6.11. The predicted molar refractivity (Wildman–Crippen MR) is 47.1 cm³/mol. The SMILES string of the molecule is CC1OC2(C=CC(=O)C=C2)OC1C. The van der Waals surface area contributed by atoms with Crippen molar-refractivity contribution in [3.8, 4) is 0 Å². The third-order valence-electron chi connectivity index (χ3n) is 2.36. The molecule has 1 heterocycles. The van der Waals surface area contributed by atoms with Crippen molar-refractivity contribution in [2.75, 3.05) is 0 Å². The zero-order valence-electron chi connectivity index (χ0n) is 7.69. The molecule has 1 aliphatic carbocycles. The second kappa shape index (κ2) is 2.79. The van der Waals surface area contributed by atoms with E-state index < -0.39 is 5.79 Å². The molecule has 0 saturated carbocycles. The fourth-order valence-electron chi connectivity index (χ4n) is 1.47. The Morgan fingerprint density at radius 3 is 2.08 bits per heavy atom. The molecule has 2 aliphatic rings. The van der Waals surface area contributed by atoms with Gasteiger partial charge < -0.3 is 9.47 Å². The Kier molecular flexibility index (Phi) is 1.86. The van der Waals surface area contributed by atoms with Crippen molar-refractivity contribution in [3.05, 3.63) is 24.3 Å². The number of allylic oxidation sites excluding steroid dienone is 2. The molecule has 2 rings (SSSR count). The lowest BCUT2D eigenvalue weighted by Crippen LogP contribution is -2.27. The maximum absolute atomic E-state index is 10.9. The van der Waals surface area contributed by atoms with E-state index in [1.165, 1.54) is 12.2 Å². The first kappa shape index (κ1) is 8.66. The monoisotopic (exact) mass is 180 g/mol. The number of carbonyl (C=O) groups is 1. The van der Waals surface area contributed by atoms with E-state index in [0.717, 1.165) is 0 Å². The number of hydrogen-bond donors (Lipinski definition) is 0. The summed E-state index contributed by atoms with van der Waals surface area (Å²) in [6.07, 6.45) is 6.39. The van der Waals surface area contributed by atoms with E-state index in [1.54, 1.807) is 12.2 Å². The minimum Gasteiger partial charge on any atom is -0.337 e. The summed E-state index contributed by atoms with van der Waals surface area (Å²) in [7, 11) is 0. The van der Waals surface area contributed by atoms with Crippen LogP contribution in [0.3, 0.4) is 0 Å². The number of ether oxygens (including phenoxy) is 2. The van der Waals surface area contributed by atoms with Crippen LogP contribution in [0.2, 0.25) is 0 Å². The van der Waals surface area contributed by atoms with Crippen LogP contribution in [0.5, 0.6) is 0 Å². The molecule has 0 aromatic carbocycles. The number of ketones is 1. The lowest BCUT2D eigenvalue weighted by molar-refractivity contribution is -0.114. The highest BCUT2D eigenvalue weighted by Crippen LogP contribution is 2.32. The molecule has 0 aromatic rings. The topological polar surface area (TPSA) is 35.5 Å². The van der Waals surface area contributed by atoms with Gasteiger partial charge in [0.25, 0.3) is 0 Å². The van der Waals surface area contributed by atoms with E-state index >= 15 is 0 Å². The Bertz CT molecular complexity index is 263. The lowest BCUT2D eigenvalue weighted by atomic mass is 10.1. The van der Waals surface area contributed by atoms with Crippen LogP contribution < -0.4 is 0 Å². The Morgan fingerprint density at radius 1 is 1.15 bits per heavy atom. The Balaban J connectivity index is 2.21. The van der Waals surface area contributed by atoms with Gasteiger partial charge in [-0.05, 0) is 38.2 Å². The van der Waals surface area contributed by atoms with Crippen molar-refractivity contribution < 1.29 is 14.3 Å². The normalized spacial score (nSPS) is 36.0. The number of hydrogen-bond acceptors (Lipinski definition) is 3. The summed E-state index contributed by atoms with van der Waals surface area (Å²) in [5, 5.41) is 0. The zero-order chi connectivity index (χ0) is 9.47. The average molecular weight is 180 g/mol. The second-order valence-electron chi connectivity index (χ2n) is 3.44. The first-order valence-electron chi connectivity index (χ1n) is 4.39. The van der Waals surface area contributed by atoms with Crippen molar-refractivity contribution in [1.82, 2.24) is 0 Å². The maximum Gasteiger partial charge on any atom is 0.209 e. The van der Waals surface area contributed by atoms with Crippen molar-refractivity contribution in [2.45, 2.75) is 31.8 Å². The van der Waals surface area contributed by atoms with Crippen LogP contribution in [0.25, 0.3) is 0 Å². The summed E-state index contributed by atoms with van der Waals surface area (Å²) < 4.78 is 11.2. The van der Waals surface area contributed by atoms with E-state index in [0.29, 0.717) is 0 Å². The van der Waals surface area contributed by atoms with Crippen molar-refractivity contribution in [3.63, 3.8) is 0 Å². The van der Waals surface area contributed by atoms with E-state index in [4.69, 9.17) is 9.47 Å². The van der Waals surface area contributed by atoms with Gasteiger partial charge in [0.1, 0.15) is 0 Å². The van der Waals surface area contributed by atoms with Gasteiger partial charge >= 0.3 is 0 Å². The van der Waals surface area contributed by atoms with Gasteiger partial charge in [0.05, 0.1) is 12.2 Å². The molecule has 1 fully saturated rings. The molecule has 13 heavy (non-hydrogen) atoms. The molecule has 1 saturated heterocycles. The summed E-state index contributed by atoms with van der Waals surface area (Å²) in [5.41, 5.74) is 0. The summed E-state index contributed by atoms with van der Waals surface area (Å²) in [6.45, 7) is 3.91. The third-order valence-corrected chi connectivity index (χ3v) is 2.36. The molecule has 0 bridgehead atoms. The van der Waals surface area contributed by atoms with Crippen molar-refractivity contribution in [2.24, 2.45) is 0 Å². The zero-order valence-corrected chi connectivity index (χ0v) is 7.69. The average Bonchev–Trinajstić information content (AvgIpc) is 2.36. The molecule has 0 radical (unpaired) electrons. The van der Waals surface area contributed by atoms with Crippen LogP contribution in [0.1, 0.15) is 13.8 Å². The largest absolute Gasteiger partial charge is 0.337 e. The van der Waals surface area contributed by atoms with Crippen LogP contribution in [0, 0.1) is 0 Å². The Morgan fingerprint density at radius 2 is 1.62 bits per heavy atom. The second-order valence-corrected chi connectivity index (χ2v) is 3.44. The van der Waals surface area contributed by atoms with Crippen LogP contribution in [0.15, 0.2) is 24.3 Å². The van der Waals surface area contributed by atoms with Crippen molar-refractivity contribution in [1.29, 1.82) is 0 Å². The fourth-order valence-corrected chi connectivity index (χ4v) is 1.47. The summed E-state index contributed by atoms with van der Waals surface area (Å²) in [4.78, 5) is 10.9. The van der Waals surface area contributed by atoms with Gasteiger partial charge in [-0.15, -0.1) is 0 Å². The van der Waals surface area contributed by atoms with E-state index in [2.05, 4.69) is 0 Å². The van der Waals surface area contributed by atoms with Crippen LogP contribution in [-0.2, 0) is 14.3 Å². The van der Waals surface area contributed by atoms with E-state index in [9.17, 15) is 4.79 Å². The Hall–Kier alpha value is -0.930. The van der Waals surface area contributed by atoms with Gasteiger partial charge in [0.2, 0.25) is 5.79 Å². The van der Waals surface area contributed by atoms with Crippen LogP contribution >= 0.6 is 0 Å². The highest BCUT2D eigenvalue weighted by atomic mass is 16.7. The molecule has 0 N–H and O–H groups in total. The standard InChI is InChI=1S/C10H12O3/c1-7-8(2)13-10(12-7)5-3-9(11)4-6-10/h3-8H,1-2H3. The predicted octanol–water partition coefficient (Wildman–Crippen LogP) is 1.20. The van der Waals surface area contributed by atoms with Gasteiger partial charge in [-0.2, -0.15) is 0 Å². The van der Waals surface area contributed by atoms with E-state index in [-0.39, 0.29) is 18.0 Å². The molecular weight excluding hydrogens is 168 g/mol. The minimum atomic E-state index is -0.785. The summed E-state index contributed by atoms with van der Waals surface area (Å²) in [5.74, 6) is -0.808. The molecule has 0 aromatic heterocycles. The quantitative estimate of drug-likeness (QED) is 0.562. The number of rotatable bonds is 0. The van der Waals surface area contributed by atoms with Gasteiger partial charge in [-0.3, -0.25) is 4.79 Å². The highest BCUT2D eigenvalue weighted by Gasteiger charge is 2.41. The Labute approximate surface area is 77.0 Å². The van der Waals surface area contributed by atoms with Crippen molar-refractivity contribution >= 4 is 5.78 Å². The van der Waals surface area contributed by atoms with E-state index in [1.807, 2.05) is 13.8 Å². The van der Waals surface area contributed by atoms with Gasteiger partial charge in [-0.25, -0.2) is 0 Å². The smallest absolute Gasteiger partial charge is 0.209 e. The highest BCUT2D eigenvalue weighted by molar-refractivity contribution is 6.00. The molecule has 1 spiro atoms. The van der Waals surface area contributed by atoms with Crippen LogP contribution in [-0.4, -0.2) is 23.8 Å². The minimum absolute atomic E-state index is 0.0231. The molecule has 1 aliphatic heterocycles. The molecule has 2 atom stereocenters. The molecule has 0 amide bonds. The molecule has 2 unspecified atom stereocenters. The lowest BCUT2D eigenvalue weighted by Gasteiger charge is -2.21. The summed E-state index contributed by atoms with van der Waals surface area (Å²) >= 11 is 0. The third kappa shape index (κ3) is 1.45. The molecule has 3 nitrogen and oxygen atoms in total. The maximum atomic E-state index is 10.9. The van der Waals surface area contributed by atoms with Gasteiger partial charge in [0.15, 0.2) is 5.78 Å². The van der Waals surface area contributed by atoms with Gasteiger partial charge in [-0.1, -0.05) is 0 Å². The molecular formula is C10H12O3. The van der Waals surface area contributed by atoms with Crippen LogP contribution in [0.4, 0.5) is 0 Å². The fraction of sp³-hybridized carbons (Fsp3) is 0.500. The summed E-state index contributed by atoms with van der Waals surface area (Å²) in [6, 6.07) is 0.